The van der Waals surface area contributed by atoms with Crippen molar-refractivity contribution in [1.29, 1.82) is 0 Å². The number of nitrogens with zero attached hydrogens (tertiary/aromatic N) is 7. The molecule has 3 aromatic heterocycles. The molecule has 0 bridgehead atoms. The van der Waals surface area contributed by atoms with E-state index in [0.717, 1.165) is 55.0 Å². The molecule has 0 amide bonds. The molecular formula is C16H22N8O. The molecule has 1 saturated heterocycles. The van der Waals surface area contributed by atoms with Crippen LogP contribution in [0.15, 0.2) is 17.0 Å². The molecule has 1 aliphatic heterocycles. The van der Waals surface area contributed by atoms with E-state index < -0.39 is 0 Å². The molecule has 25 heavy (non-hydrogen) atoms. The second-order valence-corrected chi connectivity index (χ2v) is 6.55. The molecule has 0 radical (unpaired) electrons. The Hall–Kier alpha value is -2.55. The average molecular weight is 342 g/mol. The number of rotatable bonds is 4. The van der Waals surface area contributed by atoms with Crippen LogP contribution in [0.4, 0.5) is 5.82 Å². The van der Waals surface area contributed by atoms with Crippen LogP contribution in [0.25, 0.3) is 11.0 Å². The van der Waals surface area contributed by atoms with Crippen molar-refractivity contribution >= 4 is 16.9 Å². The van der Waals surface area contributed by atoms with Gasteiger partial charge < -0.3 is 9.42 Å². The van der Waals surface area contributed by atoms with Gasteiger partial charge in [-0.25, -0.2) is 9.97 Å². The third-order valence-corrected chi connectivity index (χ3v) is 4.81. The molecule has 1 unspecified atom stereocenters. The van der Waals surface area contributed by atoms with Crippen molar-refractivity contribution < 1.29 is 4.52 Å². The SMILES string of the molecule is Cc1nc(CN(C)C2CCCN(c3ncnc4[nH]ncc34)CC2)no1. The quantitative estimate of drug-likeness (QED) is 0.762. The van der Waals surface area contributed by atoms with E-state index in [9.17, 15) is 0 Å². The number of H-pyrrole nitrogens is 1. The van der Waals surface area contributed by atoms with Crippen LogP contribution in [0, 0.1) is 6.92 Å². The fourth-order valence-corrected chi connectivity index (χ4v) is 3.49. The summed E-state index contributed by atoms with van der Waals surface area (Å²) >= 11 is 0. The van der Waals surface area contributed by atoms with Crippen molar-refractivity contribution in [2.75, 3.05) is 25.0 Å². The normalized spacial score (nSPS) is 18.8. The molecule has 0 aromatic carbocycles. The zero-order valence-electron chi connectivity index (χ0n) is 14.5. The van der Waals surface area contributed by atoms with Gasteiger partial charge in [-0.15, -0.1) is 0 Å². The minimum Gasteiger partial charge on any atom is -0.356 e. The first-order valence-corrected chi connectivity index (χ1v) is 8.59. The molecule has 1 fully saturated rings. The molecule has 1 aliphatic rings. The molecule has 1 N–H and O–H groups in total. The Kier molecular flexibility index (Phi) is 4.31. The van der Waals surface area contributed by atoms with Crippen molar-refractivity contribution in [2.24, 2.45) is 0 Å². The second kappa shape index (κ2) is 6.75. The highest BCUT2D eigenvalue weighted by atomic mass is 16.5. The number of anilines is 1. The van der Waals surface area contributed by atoms with Crippen LogP contribution in [0.5, 0.6) is 0 Å². The number of hydrogen-bond acceptors (Lipinski definition) is 8. The van der Waals surface area contributed by atoms with Crippen LogP contribution in [-0.2, 0) is 6.54 Å². The Balaban J connectivity index is 1.44. The average Bonchev–Trinajstić information content (AvgIpc) is 3.16. The van der Waals surface area contributed by atoms with Crippen molar-refractivity contribution in [3.05, 3.63) is 24.2 Å². The maximum absolute atomic E-state index is 5.07. The number of fused-ring (bicyclic) bond motifs is 1. The second-order valence-electron chi connectivity index (χ2n) is 6.55. The van der Waals surface area contributed by atoms with E-state index in [0.29, 0.717) is 18.5 Å². The minimum absolute atomic E-state index is 0.491. The molecule has 4 rings (SSSR count). The zero-order valence-corrected chi connectivity index (χ0v) is 14.5. The monoisotopic (exact) mass is 342 g/mol. The first-order chi connectivity index (χ1) is 12.2. The van der Waals surface area contributed by atoms with Crippen molar-refractivity contribution in [3.8, 4) is 0 Å². The van der Waals surface area contributed by atoms with Gasteiger partial charge in [0.25, 0.3) is 0 Å². The van der Waals surface area contributed by atoms with Crippen LogP contribution < -0.4 is 4.90 Å². The standard InChI is InChI=1S/C16H22N8O/c1-11-20-14(22-25-11)9-23(2)12-4-3-6-24(7-5-12)16-13-8-19-21-15(13)17-10-18-16/h8,10,12H,3-7,9H2,1-2H3,(H,17,18,19,21). The van der Waals surface area contributed by atoms with E-state index in [2.05, 4.69) is 47.2 Å². The largest absolute Gasteiger partial charge is 0.356 e. The van der Waals surface area contributed by atoms with Gasteiger partial charge in [0.2, 0.25) is 5.89 Å². The summed E-state index contributed by atoms with van der Waals surface area (Å²) in [5, 5.41) is 12.0. The Morgan fingerprint density at radius 2 is 2.24 bits per heavy atom. The van der Waals surface area contributed by atoms with Gasteiger partial charge >= 0.3 is 0 Å². The summed E-state index contributed by atoms with van der Waals surface area (Å²) in [5.41, 5.74) is 0.787. The van der Waals surface area contributed by atoms with Gasteiger partial charge in [-0.1, -0.05) is 5.16 Å². The summed E-state index contributed by atoms with van der Waals surface area (Å²) in [6.07, 6.45) is 6.73. The highest BCUT2D eigenvalue weighted by molar-refractivity contribution is 5.86. The lowest BCUT2D eigenvalue weighted by atomic mass is 10.1. The van der Waals surface area contributed by atoms with E-state index in [1.54, 1.807) is 12.5 Å². The van der Waals surface area contributed by atoms with Crippen molar-refractivity contribution in [2.45, 2.75) is 38.8 Å². The summed E-state index contributed by atoms with van der Waals surface area (Å²) in [4.78, 5) is 17.7. The summed E-state index contributed by atoms with van der Waals surface area (Å²) in [5.74, 6) is 2.33. The summed E-state index contributed by atoms with van der Waals surface area (Å²) in [7, 11) is 2.13. The molecule has 3 aromatic rings. The van der Waals surface area contributed by atoms with Gasteiger partial charge in [0.05, 0.1) is 18.1 Å². The number of aromatic nitrogens is 6. The Labute approximate surface area is 145 Å². The molecular weight excluding hydrogens is 320 g/mol. The van der Waals surface area contributed by atoms with Crippen LogP contribution in [-0.4, -0.2) is 61.4 Å². The number of nitrogens with one attached hydrogen (secondary N) is 1. The fourth-order valence-electron chi connectivity index (χ4n) is 3.49. The molecule has 1 atom stereocenters. The molecule has 0 spiro atoms. The Morgan fingerprint density at radius 3 is 3.08 bits per heavy atom. The van der Waals surface area contributed by atoms with E-state index in [-0.39, 0.29) is 0 Å². The van der Waals surface area contributed by atoms with Crippen LogP contribution >= 0.6 is 0 Å². The summed E-state index contributed by atoms with van der Waals surface area (Å²) < 4.78 is 5.07. The highest BCUT2D eigenvalue weighted by Crippen LogP contribution is 2.25. The molecule has 9 heteroatoms. The lowest BCUT2D eigenvalue weighted by Crippen LogP contribution is -2.33. The first-order valence-electron chi connectivity index (χ1n) is 8.59. The summed E-state index contributed by atoms with van der Waals surface area (Å²) in [6.45, 7) is 4.47. The highest BCUT2D eigenvalue weighted by Gasteiger charge is 2.23. The maximum atomic E-state index is 5.07. The summed E-state index contributed by atoms with van der Waals surface area (Å²) in [6, 6.07) is 0.491. The van der Waals surface area contributed by atoms with Gasteiger partial charge in [-0.2, -0.15) is 10.1 Å². The molecule has 9 nitrogen and oxygen atoms in total. The molecule has 132 valence electrons. The Bertz CT molecular complexity index is 843. The predicted octanol–water partition coefficient (Wildman–Crippen LogP) is 1.54. The fraction of sp³-hybridized carbons (Fsp3) is 0.562. The number of hydrogen-bond donors (Lipinski definition) is 1. The van der Waals surface area contributed by atoms with Crippen LogP contribution in [0.1, 0.15) is 31.0 Å². The van der Waals surface area contributed by atoms with Gasteiger partial charge in [0.1, 0.15) is 12.1 Å². The third-order valence-electron chi connectivity index (χ3n) is 4.81. The predicted molar refractivity (Wildman–Crippen MR) is 92.0 cm³/mol. The van der Waals surface area contributed by atoms with Crippen LogP contribution in [0.3, 0.4) is 0 Å². The van der Waals surface area contributed by atoms with Gasteiger partial charge in [-0.3, -0.25) is 10.00 Å². The minimum atomic E-state index is 0.491. The van der Waals surface area contributed by atoms with E-state index in [1.165, 1.54) is 0 Å². The van der Waals surface area contributed by atoms with E-state index in [1.807, 2.05) is 6.92 Å². The Morgan fingerprint density at radius 1 is 1.32 bits per heavy atom. The van der Waals surface area contributed by atoms with Crippen molar-refractivity contribution in [1.82, 2.24) is 35.2 Å². The smallest absolute Gasteiger partial charge is 0.223 e. The lowest BCUT2D eigenvalue weighted by Gasteiger charge is -2.26. The van der Waals surface area contributed by atoms with E-state index in [4.69, 9.17) is 4.52 Å². The third kappa shape index (κ3) is 3.32. The van der Waals surface area contributed by atoms with Crippen LogP contribution in [0.2, 0.25) is 0 Å². The molecule has 0 aliphatic carbocycles. The number of aromatic amines is 1. The lowest BCUT2D eigenvalue weighted by molar-refractivity contribution is 0.209. The molecule has 4 heterocycles. The topological polar surface area (TPSA) is 99.9 Å². The first kappa shape index (κ1) is 15.9. The van der Waals surface area contributed by atoms with Gasteiger partial charge in [-0.05, 0) is 26.3 Å². The van der Waals surface area contributed by atoms with Gasteiger partial charge in [0.15, 0.2) is 11.5 Å². The zero-order chi connectivity index (χ0) is 17.2. The molecule has 0 saturated carbocycles. The maximum Gasteiger partial charge on any atom is 0.223 e. The number of aryl methyl sites for hydroxylation is 1. The van der Waals surface area contributed by atoms with Gasteiger partial charge in [0, 0.05) is 26.1 Å². The van der Waals surface area contributed by atoms with Crippen molar-refractivity contribution in [3.63, 3.8) is 0 Å². The van der Waals surface area contributed by atoms with E-state index >= 15 is 0 Å².